The summed E-state index contributed by atoms with van der Waals surface area (Å²) < 4.78 is 0. The van der Waals surface area contributed by atoms with Gasteiger partial charge in [-0.05, 0) is 24.6 Å². The number of nitrogen functional groups attached to an aromatic ring is 1. The maximum absolute atomic E-state index is 13.1. The number of thioether (sulfide) groups is 1. The summed E-state index contributed by atoms with van der Waals surface area (Å²) in [6.45, 7) is 1.76. The lowest BCUT2D eigenvalue weighted by molar-refractivity contribution is -0.116. The molecule has 1 aliphatic rings. The molecule has 2 N–H and O–H groups in total. The number of amides is 1. The quantitative estimate of drug-likeness (QED) is 0.677. The van der Waals surface area contributed by atoms with Crippen molar-refractivity contribution in [1.29, 1.82) is 10.5 Å². The number of nitriles is 2. The molecular formula is C23H16N6OS. The van der Waals surface area contributed by atoms with E-state index in [0.29, 0.717) is 27.6 Å². The lowest BCUT2D eigenvalue weighted by Crippen LogP contribution is -2.29. The Labute approximate surface area is 183 Å². The second-order valence-electron chi connectivity index (χ2n) is 6.74. The number of hydrazone groups is 1. The Bertz CT molecular complexity index is 1280. The van der Waals surface area contributed by atoms with Crippen LogP contribution in [0.3, 0.4) is 0 Å². The molecule has 0 aliphatic carbocycles. The molecule has 8 heteroatoms. The molecule has 1 aliphatic heterocycles. The Balaban J connectivity index is 1.77. The third kappa shape index (κ3) is 3.61. The fourth-order valence-electron chi connectivity index (χ4n) is 3.33. The maximum atomic E-state index is 13.1. The number of benzene rings is 2. The topological polar surface area (TPSA) is 119 Å². The van der Waals surface area contributed by atoms with Gasteiger partial charge in [0.05, 0.1) is 17.0 Å². The fourth-order valence-corrected chi connectivity index (χ4v) is 4.39. The van der Waals surface area contributed by atoms with Gasteiger partial charge in [-0.25, -0.2) is 4.98 Å². The zero-order valence-corrected chi connectivity index (χ0v) is 17.3. The van der Waals surface area contributed by atoms with Crippen LogP contribution in [-0.4, -0.2) is 21.9 Å². The van der Waals surface area contributed by atoms with Crippen molar-refractivity contribution >= 4 is 34.9 Å². The maximum Gasteiger partial charge on any atom is 0.266 e. The molecular weight excluding hydrogens is 408 g/mol. The zero-order valence-electron chi connectivity index (χ0n) is 16.5. The van der Waals surface area contributed by atoms with Crippen LogP contribution in [0.25, 0.3) is 11.1 Å². The molecule has 0 fully saturated rings. The summed E-state index contributed by atoms with van der Waals surface area (Å²) in [6, 6.07) is 22.4. The molecule has 1 atom stereocenters. The normalized spacial score (nSPS) is 15.3. The van der Waals surface area contributed by atoms with Gasteiger partial charge in [-0.3, -0.25) is 4.79 Å². The van der Waals surface area contributed by atoms with E-state index >= 15 is 0 Å². The average Bonchev–Trinajstić information content (AvgIpc) is 3.08. The molecule has 150 valence electrons. The monoisotopic (exact) mass is 424 g/mol. The van der Waals surface area contributed by atoms with Crippen LogP contribution < -0.4 is 10.7 Å². The van der Waals surface area contributed by atoms with Crippen molar-refractivity contribution in [3.05, 3.63) is 71.8 Å². The number of carbonyl (C=O) groups is 1. The standard InChI is InChI=1S/C23H16N6OS/c1-14-20(23(30)29(28-14)16-10-6-3-7-11-16)31-22-18(13-25)19(15-8-4-2-5-9-15)17(12-24)21(26)27-22/h2-11,20H,1H3,(H2,26,27)/t20-/m1/s1. The van der Waals surface area contributed by atoms with Crippen molar-refractivity contribution in [1.82, 2.24) is 4.98 Å². The number of rotatable bonds is 4. The molecule has 7 nitrogen and oxygen atoms in total. The van der Waals surface area contributed by atoms with Crippen LogP contribution >= 0.6 is 11.8 Å². The van der Waals surface area contributed by atoms with Crippen LogP contribution in [-0.2, 0) is 4.79 Å². The minimum Gasteiger partial charge on any atom is -0.383 e. The molecule has 0 unspecified atom stereocenters. The third-order valence-electron chi connectivity index (χ3n) is 4.78. The van der Waals surface area contributed by atoms with E-state index in [1.807, 2.05) is 36.4 Å². The van der Waals surface area contributed by atoms with Crippen LogP contribution in [0.15, 0.2) is 70.8 Å². The molecule has 4 rings (SSSR count). The smallest absolute Gasteiger partial charge is 0.266 e. The van der Waals surface area contributed by atoms with Gasteiger partial charge in [0.2, 0.25) is 0 Å². The highest BCUT2D eigenvalue weighted by Gasteiger charge is 2.36. The number of aromatic nitrogens is 1. The molecule has 0 radical (unpaired) electrons. The van der Waals surface area contributed by atoms with Crippen molar-refractivity contribution in [2.45, 2.75) is 17.2 Å². The molecule has 2 heterocycles. The molecule has 2 aromatic carbocycles. The number of pyridine rings is 1. The predicted octanol–water partition coefficient (Wildman–Crippen LogP) is 3.96. The fraction of sp³-hybridized carbons (Fsp3) is 0.0870. The first-order valence-electron chi connectivity index (χ1n) is 9.35. The van der Waals surface area contributed by atoms with Crippen molar-refractivity contribution in [3.63, 3.8) is 0 Å². The summed E-state index contributed by atoms with van der Waals surface area (Å²) in [5.41, 5.74) is 8.77. The minimum atomic E-state index is -0.657. The Morgan fingerprint density at radius 2 is 1.61 bits per heavy atom. The van der Waals surface area contributed by atoms with E-state index in [2.05, 4.69) is 22.2 Å². The minimum absolute atomic E-state index is 0.0165. The predicted molar refractivity (Wildman–Crippen MR) is 120 cm³/mol. The van der Waals surface area contributed by atoms with Crippen LogP contribution in [0, 0.1) is 22.7 Å². The van der Waals surface area contributed by atoms with E-state index in [1.54, 1.807) is 31.2 Å². The van der Waals surface area contributed by atoms with E-state index in [4.69, 9.17) is 5.73 Å². The number of carbonyl (C=O) groups excluding carboxylic acids is 1. The van der Waals surface area contributed by atoms with Gasteiger partial charge in [-0.2, -0.15) is 20.6 Å². The van der Waals surface area contributed by atoms with Gasteiger partial charge in [-0.15, -0.1) is 0 Å². The van der Waals surface area contributed by atoms with Crippen LogP contribution in [0.2, 0.25) is 0 Å². The summed E-state index contributed by atoms with van der Waals surface area (Å²) in [5.74, 6) is -0.216. The molecule has 3 aromatic rings. The largest absolute Gasteiger partial charge is 0.383 e. The molecule has 31 heavy (non-hydrogen) atoms. The van der Waals surface area contributed by atoms with E-state index < -0.39 is 5.25 Å². The van der Waals surface area contributed by atoms with Crippen molar-refractivity contribution in [2.75, 3.05) is 10.7 Å². The van der Waals surface area contributed by atoms with Crippen molar-refractivity contribution < 1.29 is 4.79 Å². The molecule has 0 saturated heterocycles. The van der Waals surface area contributed by atoms with E-state index in [1.165, 1.54) is 5.01 Å². The first kappa shape index (κ1) is 20.1. The number of anilines is 2. The molecule has 0 bridgehead atoms. The summed E-state index contributed by atoms with van der Waals surface area (Å²) in [5, 5.41) is 24.9. The number of nitrogens with zero attached hydrogens (tertiary/aromatic N) is 5. The van der Waals surface area contributed by atoms with Gasteiger partial charge < -0.3 is 5.73 Å². The summed E-state index contributed by atoms with van der Waals surface area (Å²) in [6.07, 6.45) is 0. The van der Waals surface area contributed by atoms with Crippen LogP contribution in [0.4, 0.5) is 11.5 Å². The average molecular weight is 424 g/mol. The lowest BCUT2D eigenvalue weighted by atomic mass is 9.97. The lowest BCUT2D eigenvalue weighted by Gasteiger charge is -2.16. The van der Waals surface area contributed by atoms with Gasteiger partial charge in [0.25, 0.3) is 5.91 Å². The van der Waals surface area contributed by atoms with Crippen molar-refractivity contribution in [3.8, 4) is 23.3 Å². The molecule has 1 aromatic heterocycles. The van der Waals surface area contributed by atoms with Gasteiger partial charge in [-0.1, -0.05) is 60.3 Å². The van der Waals surface area contributed by atoms with Gasteiger partial charge in [0.15, 0.2) is 0 Å². The molecule has 0 spiro atoms. The van der Waals surface area contributed by atoms with Crippen LogP contribution in [0.5, 0.6) is 0 Å². The Morgan fingerprint density at radius 3 is 2.23 bits per heavy atom. The highest BCUT2D eigenvalue weighted by molar-refractivity contribution is 8.01. The number of para-hydroxylation sites is 1. The second kappa shape index (κ2) is 8.31. The molecule has 0 saturated carbocycles. The van der Waals surface area contributed by atoms with E-state index in [-0.39, 0.29) is 22.9 Å². The number of hydrogen-bond donors (Lipinski definition) is 1. The first-order valence-corrected chi connectivity index (χ1v) is 10.2. The number of hydrogen-bond acceptors (Lipinski definition) is 7. The van der Waals surface area contributed by atoms with Gasteiger partial charge >= 0.3 is 0 Å². The second-order valence-corrected chi connectivity index (χ2v) is 7.84. The Kier molecular flexibility index (Phi) is 5.40. The van der Waals surface area contributed by atoms with E-state index in [9.17, 15) is 15.3 Å². The first-order chi connectivity index (χ1) is 15.0. The third-order valence-corrected chi connectivity index (χ3v) is 6.08. The summed E-state index contributed by atoms with van der Waals surface area (Å²) >= 11 is 1.11. The SMILES string of the molecule is CC1=NN(c2ccccc2)C(=O)[C@@H]1Sc1nc(N)c(C#N)c(-c2ccccc2)c1C#N. The Hall–Kier alpha value is -4.14. The number of nitrogens with two attached hydrogens (primary N) is 1. The van der Waals surface area contributed by atoms with Crippen molar-refractivity contribution in [2.24, 2.45) is 5.10 Å². The highest BCUT2D eigenvalue weighted by atomic mass is 32.2. The van der Waals surface area contributed by atoms with Crippen LogP contribution in [0.1, 0.15) is 18.1 Å². The molecule has 1 amide bonds. The van der Waals surface area contributed by atoms with Gasteiger partial charge in [0, 0.05) is 5.56 Å². The summed E-state index contributed by atoms with van der Waals surface area (Å²) in [4.78, 5) is 17.4. The van der Waals surface area contributed by atoms with Gasteiger partial charge in [0.1, 0.15) is 33.8 Å². The Morgan fingerprint density at radius 1 is 1.00 bits per heavy atom. The van der Waals surface area contributed by atoms with E-state index in [0.717, 1.165) is 11.8 Å². The summed E-state index contributed by atoms with van der Waals surface area (Å²) in [7, 11) is 0. The highest BCUT2D eigenvalue weighted by Crippen LogP contribution is 2.38. The zero-order chi connectivity index (χ0) is 22.0.